The smallest absolute Gasteiger partial charge is 0.339 e. The molecule has 0 fully saturated rings. The molecule has 162 valence electrons. The van der Waals surface area contributed by atoms with E-state index >= 15 is 0 Å². The lowest BCUT2D eigenvalue weighted by Gasteiger charge is -2.16. The molecule has 0 heterocycles. The number of hydrogen-bond acceptors (Lipinski definition) is 6. The topological polar surface area (TPSA) is 98.8 Å². The van der Waals surface area contributed by atoms with Crippen LogP contribution in [0.15, 0.2) is 36.4 Å². The first-order valence-corrected chi connectivity index (χ1v) is 10.2. The molecule has 31 heavy (non-hydrogen) atoms. The van der Waals surface area contributed by atoms with E-state index in [4.69, 9.17) is 4.74 Å². The molecule has 2 aromatic carbocycles. The Morgan fingerprint density at radius 3 is 2.19 bits per heavy atom. The number of rotatable bonds is 7. The Bertz CT molecular complexity index is 1030. The highest BCUT2D eigenvalue weighted by Gasteiger charge is 2.18. The lowest BCUT2D eigenvalue weighted by molar-refractivity contribution is -0.116. The number of benzene rings is 2. The maximum absolute atomic E-state index is 12.6. The second kappa shape index (κ2) is 10.0. The van der Waals surface area contributed by atoms with Gasteiger partial charge in [-0.3, -0.25) is 9.59 Å². The zero-order chi connectivity index (χ0) is 22.4. The first-order valence-electron chi connectivity index (χ1n) is 10.2. The summed E-state index contributed by atoms with van der Waals surface area (Å²) >= 11 is 0. The third kappa shape index (κ3) is 5.36. The van der Waals surface area contributed by atoms with E-state index in [1.807, 2.05) is 18.2 Å². The van der Waals surface area contributed by atoms with Crippen LogP contribution in [0.2, 0.25) is 0 Å². The predicted octanol–water partition coefficient (Wildman–Crippen LogP) is 3.74. The van der Waals surface area contributed by atoms with Crippen LogP contribution in [0.1, 0.15) is 67.9 Å². The average Bonchev–Trinajstić information content (AvgIpc) is 2.81. The van der Waals surface area contributed by atoms with Crippen molar-refractivity contribution < 1.29 is 28.7 Å². The highest BCUT2D eigenvalue weighted by molar-refractivity contribution is 6.05. The van der Waals surface area contributed by atoms with Gasteiger partial charge in [0.1, 0.15) is 0 Å². The van der Waals surface area contributed by atoms with Crippen molar-refractivity contribution in [3.05, 3.63) is 64.2 Å². The van der Waals surface area contributed by atoms with Crippen LogP contribution in [0.4, 0.5) is 5.69 Å². The van der Waals surface area contributed by atoms with Gasteiger partial charge < -0.3 is 14.8 Å². The number of methoxy groups -OCH3 is 2. The molecule has 7 nitrogen and oxygen atoms in total. The van der Waals surface area contributed by atoms with E-state index in [2.05, 4.69) is 10.1 Å². The van der Waals surface area contributed by atoms with Crippen molar-refractivity contribution in [2.24, 2.45) is 0 Å². The van der Waals surface area contributed by atoms with Crippen molar-refractivity contribution in [2.75, 3.05) is 19.5 Å². The quantitative estimate of drug-likeness (QED) is 0.538. The number of hydrogen-bond donors (Lipinski definition) is 1. The van der Waals surface area contributed by atoms with E-state index < -0.39 is 17.8 Å². The predicted molar refractivity (Wildman–Crippen MR) is 114 cm³/mol. The normalized spacial score (nSPS) is 12.5. The number of fused-ring (bicyclic) bond motifs is 1. The number of carbonyl (C=O) groups is 4. The summed E-state index contributed by atoms with van der Waals surface area (Å²) in [5.41, 5.74) is 3.52. The van der Waals surface area contributed by atoms with Crippen molar-refractivity contribution in [3.63, 3.8) is 0 Å². The van der Waals surface area contributed by atoms with Gasteiger partial charge in [0.15, 0.2) is 5.78 Å². The molecule has 0 aliphatic heterocycles. The first kappa shape index (κ1) is 22.2. The third-order valence-corrected chi connectivity index (χ3v) is 5.37. The van der Waals surface area contributed by atoms with Crippen molar-refractivity contribution in [1.29, 1.82) is 0 Å². The Balaban J connectivity index is 1.68. The van der Waals surface area contributed by atoms with Gasteiger partial charge in [0.25, 0.3) is 0 Å². The first-order chi connectivity index (χ1) is 14.9. The number of nitrogens with one attached hydrogen (secondary N) is 1. The van der Waals surface area contributed by atoms with Crippen LogP contribution in [-0.2, 0) is 27.1 Å². The lowest BCUT2D eigenvalue weighted by atomic mass is 9.89. The highest BCUT2D eigenvalue weighted by Crippen LogP contribution is 2.23. The van der Waals surface area contributed by atoms with Gasteiger partial charge in [0.2, 0.25) is 5.91 Å². The monoisotopic (exact) mass is 423 g/mol. The fraction of sp³-hybridized carbons (Fsp3) is 0.333. The maximum Gasteiger partial charge on any atom is 0.339 e. The molecular formula is C24H25NO6. The molecule has 1 aliphatic rings. The Hall–Kier alpha value is -3.48. The van der Waals surface area contributed by atoms with E-state index in [0.717, 1.165) is 19.3 Å². The van der Waals surface area contributed by atoms with Crippen LogP contribution in [0.5, 0.6) is 0 Å². The molecule has 7 heteroatoms. The minimum Gasteiger partial charge on any atom is -0.465 e. The summed E-state index contributed by atoms with van der Waals surface area (Å²) in [5, 5.41) is 2.60. The second-order valence-electron chi connectivity index (χ2n) is 7.41. The molecule has 0 spiro atoms. The van der Waals surface area contributed by atoms with E-state index in [9.17, 15) is 19.2 Å². The van der Waals surface area contributed by atoms with Crippen LogP contribution < -0.4 is 5.32 Å². The van der Waals surface area contributed by atoms with Crippen LogP contribution in [0.3, 0.4) is 0 Å². The minimum absolute atomic E-state index is 0.0366. The molecule has 1 N–H and O–H groups in total. The van der Waals surface area contributed by atoms with Gasteiger partial charge in [0.05, 0.1) is 31.0 Å². The molecule has 0 radical (unpaired) electrons. The maximum atomic E-state index is 12.6. The summed E-state index contributed by atoms with van der Waals surface area (Å²) in [7, 11) is 2.46. The molecule has 0 aromatic heterocycles. The summed E-state index contributed by atoms with van der Waals surface area (Å²) in [4.78, 5) is 48.8. The SMILES string of the molecule is COC(=O)c1ccc(C(=O)OC)c(NC(=O)CCC(=O)c2ccc3c(c2)CCCC3)c1. The summed E-state index contributed by atoms with van der Waals surface area (Å²) in [5.74, 6) is -1.81. The number of ether oxygens (including phenoxy) is 2. The Morgan fingerprint density at radius 1 is 0.806 bits per heavy atom. The largest absolute Gasteiger partial charge is 0.465 e. The van der Waals surface area contributed by atoms with Gasteiger partial charge in [-0.15, -0.1) is 0 Å². The fourth-order valence-corrected chi connectivity index (χ4v) is 3.67. The number of amides is 1. The Labute approximate surface area is 180 Å². The number of ketones is 1. The van der Waals surface area contributed by atoms with Crippen molar-refractivity contribution in [3.8, 4) is 0 Å². The van der Waals surface area contributed by atoms with Gasteiger partial charge in [0, 0.05) is 18.4 Å². The van der Waals surface area contributed by atoms with E-state index in [0.29, 0.717) is 5.56 Å². The van der Waals surface area contributed by atoms with Gasteiger partial charge in [-0.05, 0) is 61.1 Å². The van der Waals surface area contributed by atoms with E-state index in [1.54, 1.807) is 0 Å². The van der Waals surface area contributed by atoms with Crippen LogP contribution >= 0.6 is 0 Å². The molecule has 0 bridgehead atoms. The molecule has 0 saturated carbocycles. The Morgan fingerprint density at radius 2 is 1.48 bits per heavy atom. The molecule has 1 aliphatic carbocycles. The molecule has 3 rings (SSSR count). The standard InChI is InChI=1S/C24H25NO6/c1-30-23(28)18-9-10-19(24(29)31-2)20(14-18)25-22(27)12-11-21(26)17-8-7-15-5-3-4-6-16(15)13-17/h7-10,13-14H,3-6,11-12H2,1-2H3,(H,25,27). The summed E-state index contributed by atoms with van der Waals surface area (Å²) in [6, 6.07) is 9.90. The van der Waals surface area contributed by atoms with Crippen molar-refractivity contribution in [2.45, 2.75) is 38.5 Å². The summed E-state index contributed by atoms with van der Waals surface area (Å²) in [6.45, 7) is 0. The molecule has 0 unspecified atom stereocenters. The van der Waals surface area contributed by atoms with E-state index in [1.165, 1.54) is 50.0 Å². The zero-order valence-electron chi connectivity index (χ0n) is 17.7. The highest BCUT2D eigenvalue weighted by atomic mass is 16.5. The minimum atomic E-state index is -0.656. The van der Waals surface area contributed by atoms with Crippen LogP contribution in [0, 0.1) is 0 Å². The zero-order valence-corrected chi connectivity index (χ0v) is 17.7. The van der Waals surface area contributed by atoms with Gasteiger partial charge in [-0.1, -0.05) is 12.1 Å². The molecule has 0 atom stereocenters. The van der Waals surface area contributed by atoms with Gasteiger partial charge in [-0.2, -0.15) is 0 Å². The number of esters is 2. The van der Waals surface area contributed by atoms with Crippen molar-refractivity contribution in [1.82, 2.24) is 0 Å². The number of Topliss-reactive ketones (excluding diaryl/α,β-unsaturated/α-hetero) is 1. The second-order valence-corrected chi connectivity index (χ2v) is 7.41. The summed E-state index contributed by atoms with van der Waals surface area (Å²) < 4.78 is 9.40. The van der Waals surface area contributed by atoms with Crippen molar-refractivity contribution >= 4 is 29.3 Å². The van der Waals surface area contributed by atoms with Crippen LogP contribution in [-0.4, -0.2) is 37.8 Å². The van der Waals surface area contributed by atoms with Gasteiger partial charge >= 0.3 is 11.9 Å². The molecular weight excluding hydrogens is 398 g/mol. The number of carbonyl (C=O) groups excluding carboxylic acids is 4. The average molecular weight is 423 g/mol. The van der Waals surface area contributed by atoms with Gasteiger partial charge in [-0.25, -0.2) is 9.59 Å². The Kier molecular flexibility index (Phi) is 7.18. The lowest BCUT2D eigenvalue weighted by Crippen LogP contribution is -2.17. The number of anilines is 1. The molecule has 2 aromatic rings. The molecule has 1 amide bonds. The van der Waals surface area contributed by atoms with E-state index in [-0.39, 0.29) is 35.4 Å². The fourth-order valence-electron chi connectivity index (χ4n) is 3.67. The number of aryl methyl sites for hydroxylation is 2. The van der Waals surface area contributed by atoms with Crippen LogP contribution in [0.25, 0.3) is 0 Å². The third-order valence-electron chi connectivity index (χ3n) is 5.37. The summed E-state index contributed by atoms with van der Waals surface area (Å²) in [6.07, 6.45) is 4.29. The molecule has 0 saturated heterocycles.